The Morgan fingerprint density at radius 1 is 1.33 bits per heavy atom. The van der Waals surface area contributed by atoms with Gasteiger partial charge in [0, 0.05) is 27.8 Å². The van der Waals surface area contributed by atoms with Gasteiger partial charge in [0.2, 0.25) is 0 Å². The van der Waals surface area contributed by atoms with Gasteiger partial charge in [-0.2, -0.15) is 0 Å². The molecular formula is C12H25NOS. The van der Waals surface area contributed by atoms with Crippen molar-refractivity contribution in [1.82, 2.24) is 0 Å². The molecule has 0 bridgehead atoms. The highest BCUT2D eigenvalue weighted by Crippen LogP contribution is 2.32. The van der Waals surface area contributed by atoms with E-state index in [1.807, 2.05) is 0 Å². The van der Waals surface area contributed by atoms with Crippen LogP contribution in [-0.4, -0.2) is 21.3 Å². The predicted molar refractivity (Wildman–Crippen MR) is 67.2 cm³/mol. The van der Waals surface area contributed by atoms with Crippen LogP contribution in [0.5, 0.6) is 0 Å². The molecule has 0 radical (unpaired) electrons. The van der Waals surface area contributed by atoms with Crippen molar-refractivity contribution in [3.05, 3.63) is 0 Å². The number of hydrogen-bond acceptors (Lipinski definition) is 2. The minimum Gasteiger partial charge on any atom is -0.327 e. The van der Waals surface area contributed by atoms with E-state index >= 15 is 0 Å². The van der Waals surface area contributed by atoms with Crippen molar-refractivity contribution < 1.29 is 4.21 Å². The summed E-state index contributed by atoms with van der Waals surface area (Å²) in [6, 6.07) is 0.125. The number of nitrogens with two attached hydrogens (primary N) is 1. The molecule has 3 heteroatoms. The fraction of sp³-hybridized carbons (Fsp3) is 1.00. The number of rotatable bonds is 4. The second kappa shape index (κ2) is 6.00. The third kappa shape index (κ3) is 3.87. The van der Waals surface area contributed by atoms with Gasteiger partial charge in [0.05, 0.1) is 0 Å². The molecule has 0 aromatic carbocycles. The van der Waals surface area contributed by atoms with Crippen molar-refractivity contribution in [2.24, 2.45) is 17.6 Å². The van der Waals surface area contributed by atoms with Gasteiger partial charge in [-0.15, -0.1) is 0 Å². The summed E-state index contributed by atoms with van der Waals surface area (Å²) in [6.07, 6.45) is 4.43. The Hall–Kier alpha value is 0.110. The highest BCUT2D eigenvalue weighted by atomic mass is 32.2. The molecule has 15 heavy (non-hydrogen) atoms. The first-order valence-corrected chi connectivity index (χ1v) is 7.55. The molecule has 5 unspecified atom stereocenters. The third-order valence-corrected chi connectivity index (χ3v) is 5.75. The topological polar surface area (TPSA) is 43.1 Å². The molecular weight excluding hydrogens is 206 g/mol. The Morgan fingerprint density at radius 3 is 2.53 bits per heavy atom. The highest BCUT2D eigenvalue weighted by molar-refractivity contribution is 7.85. The van der Waals surface area contributed by atoms with Crippen LogP contribution in [0.15, 0.2) is 0 Å². The second-order valence-corrected chi connectivity index (χ2v) is 6.87. The normalized spacial score (nSPS) is 36.1. The molecule has 1 saturated carbocycles. The fourth-order valence-corrected chi connectivity index (χ4v) is 4.05. The zero-order chi connectivity index (χ0) is 11.4. The molecule has 0 aromatic rings. The van der Waals surface area contributed by atoms with Crippen molar-refractivity contribution in [1.29, 1.82) is 0 Å². The van der Waals surface area contributed by atoms with Crippen LogP contribution < -0.4 is 5.73 Å². The predicted octanol–water partition coefficient (Wildman–Crippen LogP) is 2.30. The lowest BCUT2D eigenvalue weighted by Gasteiger charge is -2.31. The summed E-state index contributed by atoms with van der Waals surface area (Å²) in [6.45, 7) is 6.66. The lowest BCUT2D eigenvalue weighted by molar-refractivity contribution is 0.281. The van der Waals surface area contributed by atoms with Crippen LogP contribution in [0.1, 0.15) is 46.5 Å². The van der Waals surface area contributed by atoms with Crippen LogP contribution in [0.4, 0.5) is 0 Å². The van der Waals surface area contributed by atoms with E-state index in [2.05, 4.69) is 20.8 Å². The van der Waals surface area contributed by atoms with Gasteiger partial charge in [-0.1, -0.05) is 20.8 Å². The van der Waals surface area contributed by atoms with Crippen LogP contribution >= 0.6 is 0 Å². The molecule has 0 heterocycles. The lowest BCUT2D eigenvalue weighted by atomic mass is 9.81. The molecule has 0 spiro atoms. The van der Waals surface area contributed by atoms with Crippen molar-refractivity contribution in [3.8, 4) is 0 Å². The van der Waals surface area contributed by atoms with Gasteiger partial charge in [0.15, 0.2) is 0 Å². The monoisotopic (exact) mass is 231 g/mol. The Kier molecular flexibility index (Phi) is 5.27. The maximum atomic E-state index is 12.1. The summed E-state index contributed by atoms with van der Waals surface area (Å²) in [4.78, 5) is 0. The summed E-state index contributed by atoms with van der Waals surface area (Å²) in [5, 5.41) is 0.411. The van der Waals surface area contributed by atoms with Crippen molar-refractivity contribution in [2.75, 3.05) is 5.75 Å². The molecule has 5 atom stereocenters. The summed E-state index contributed by atoms with van der Waals surface area (Å²) < 4.78 is 12.1. The van der Waals surface area contributed by atoms with E-state index in [0.717, 1.165) is 31.1 Å². The first-order chi connectivity index (χ1) is 7.04. The molecule has 1 rings (SSSR count). The fourth-order valence-electron chi connectivity index (χ4n) is 2.20. The quantitative estimate of drug-likeness (QED) is 0.807. The third-order valence-electron chi connectivity index (χ3n) is 3.82. The van der Waals surface area contributed by atoms with Crippen molar-refractivity contribution >= 4 is 10.8 Å². The first kappa shape index (κ1) is 13.2. The highest BCUT2D eigenvalue weighted by Gasteiger charge is 2.28. The Morgan fingerprint density at radius 2 is 2.00 bits per heavy atom. The molecule has 90 valence electrons. The lowest BCUT2D eigenvalue weighted by Crippen LogP contribution is -2.34. The van der Waals surface area contributed by atoms with Gasteiger partial charge in [-0.3, -0.25) is 4.21 Å². The average Bonchev–Trinajstić information content (AvgIpc) is 2.21. The van der Waals surface area contributed by atoms with Crippen LogP contribution in [0.3, 0.4) is 0 Å². The largest absolute Gasteiger partial charge is 0.327 e. The molecule has 0 amide bonds. The van der Waals surface area contributed by atoms with Crippen LogP contribution in [0.25, 0.3) is 0 Å². The van der Waals surface area contributed by atoms with Gasteiger partial charge in [-0.05, 0) is 37.5 Å². The van der Waals surface area contributed by atoms with Gasteiger partial charge in [0.25, 0.3) is 0 Å². The SMILES string of the molecule is CCC(N)CS(=O)C1CCC(C)C(C)C1. The molecule has 1 aliphatic rings. The van der Waals surface area contributed by atoms with Crippen LogP contribution in [0.2, 0.25) is 0 Å². The molecule has 0 aliphatic heterocycles. The summed E-state index contributed by atoms with van der Waals surface area (Å²) in [5.41, 5.74) is 5.85. The van der Waals surface area contributed by atoms with Gasteiger partial charge >= 0.3 is 0 Å². The Bertz CT molecular complexity index is 220. The smallest absolute Gasteiger partial charge is 0.0389 e. The van der Waals surface area contributed by atoms with E-state index in [1.165, 1.54) is 6.42 Å². The average molecular weight is 231 g/mol. The molecule has 1 fully saturated rings. The van der Waals surface area contributed by atoms with Crippen LogP contribution in [0, 0.1) is 11.8 Å². The minimum absolute atomic E-state index is 0.125. The van der Waals surface area contributed by atoms with E-state index in [4.69, 9.17) is 5.73 Å². The van der Waals surface area contributed by atoms with Crippen LogP contribution in [-0.2, 0) is 10.8 Å². The standard InChI is InChI=1S/C12H25NOS/c1-4-11(13)8-15(14)12-6-5-9(2)10(3)7-12/h9-12H,4-8,13H2,1-3H3. The molecule has 0 aromatic heterocycles. The van der Waals surface area contributed by atoms with E-state index < -0.39 is 10.8 Å². The Labute approximate surface area is 96.5 Å². The maximum Gasteiger partial charge on any atom is 0.0389 e. The van der Waals surface area contributed by atoms with E-state index in [0.29, 0.717) is 11.0 Å². The molecule has 0 saturated heterocycles. The summed E-state index contributed by atoms with van der Waals surface area (Å²) in [5.74, 6) is 2.23. The number of hydrogen-bond donors (Lipinski definition) is 1. The first-order valence-electron chi connectivity index (χ1n) is 6.17. The summed E-state index contributed by atoms with van der Waals surface area (Å²) in [7, 11) is -0.697. The van der Waals surface area contributed by atoms with E-state index in [-0.39, 0.29) is 6.04 Å². The summed E-state index contributed by atoms with van der Waals surface area (Å²) >= 11 is 0. The maximum absolute atomic E-state index is 12.1. The van der Waals surface area contributed by atoms with E-state index in [9.17, 15) is 4.21 Å². The van der Waals surface area contributed by atoms with E-state index in [1.54, 1.807) is 0 Å². The zero-order valence-electron chi connectivity index (χ0n) is 10.2. The minimum atomic E-state index is -0.697. The molecule has 2 nitrogen and oxygen atoms in total. The van der Waals surface area contributed by atoms with Gasteiger partial charge < -0.3 is 5.73 Å². The second-order valence-electron chi connectivity index (χ2n) is 5.11. The van der Waals surface area contributed by atoms with Crippen molar-refractivity contribution in [2.45, 2.75) is 57.7 Å². The zero-order valence-corrected chi connectivity index (χ0v) is 11.1. The molecule has 2 N–H and O–H groups in total. The van der Waals surface area contributed by atoms with Crippen molar-refractivity contribution in [3.63, 3.8) is 0 Å². The van der Waals surface area contributed by atoms with Gasteiger partial charge in [0.1, 0.15) is 0 Å². The van der Waals surface area contributed by atoms with Gasteiger partial charge in [-0.25, -0.2) is 0 Å². The molecule has 1 aliphatic carbocycles. The Balaban J connectivity index is 2.40.